The minimum Gasteiger partial charge on any atom is -0.392 e. The average Bonchev–Trinajstić information content (AvgIpc) is 2.41. The van der Waals surface area contributed by atoms with E-state index in [1.807, 2.05) is 0 Å². The Morgan fingerprint density at radius 1 is 1.15 bits per heavy atom. The second-order valence-electron chi connectivity index (χ2n) is 6.01. The highest BCUT2D eigenvalue weighted by molar-refractivity contribution is 5.22. The smallest absolute Gasteiger partial charge is 0.0667 e. The molecule has 3 heteroatoms. The van der Waals surface area contributed by atoms with Crippen LogP contribution in [0.1, 0.15) is 30.9 Å². The minimum absolute atomic E-state index is 0.150. The monoisotopic (exact) mass is 276 g/mol. The van der Waals surface area contributed by atoms with Gasteiger partial charge in [0.2, 0.25) is 0 Å². The third-order valence-corrected chi connectivity index (χ3v) is 4.04. The van der Waals surface area contributed by atoms with Crippen LogP contribution < -0.4 is 0 Å². The molecule has 1 N–H and O–H groups in total. The van der Waals surface area contributed by atoms with Crippen molar-refractivity contribution in [3.63, 3.8) is 0 Å². The Morgan fingerprint density at radius 3 is 2.50 bits per heavy atom. The standard InChI is InChI=1S/C17H28N2O/c1-3-5-17(20)14-19-10-8-18(9-11-19)13-16-7-4-6-15(2)12-16/h4,6-7,12,17,20H,3,5,8-11,13-14H2,1-2H3. The minimum atomic E-state index is -0.150. The summed E-state index contributed by atoms with van der Waals surface area (Å²) in [5, 5.41) is 9.88. The zero-order chi connectivity index (χ0) is 14.4. The van der Waals surface area contributed by atoms with Crippen LogP contribution in [0.2, 0.25) is 0 Å². The number of aryl methyl sites for hydroxylation is 1. The van der Waals surface area contributed by atoms with E-state index in [1.165, 1.54) is 11.1 Å². The van der Waals surface area contributed by atoms with Gasteiger partial charge < -0.3 is 5.11 Å². The molecule has 1 aromatic rings. The maximum absolute atomic E-state index is 9.88. The maximum atomic E-state index is 9.88. The Balaban J connectivity index is 1.74. The molecule has 1 aliphatic heterocycles. The van der Waals surface area contributed by atoms with Gasteiger partial charge in [-0.05, 0) is 18.9 Å². The molecule has 112 valence electrons. The van der Waals surface area contributed by atoms with Crippen molar-refractivity contribution >= 4 is 0 Å². The molecular formula is C17H28N2O. The van der Waals surface area contributed by atoms with E-state index in [9.17, 15) is 5.11 Å². The fraction of sp³-hybridized carbons (Fsp3) is 0.647. The highest BCUT2D eigenvalue weighted by Crippen LogP contribution is 2.11. The van der Waals surface area contributed by atoms with Crippen LogP contribution in [-0.4, -0.2) is 53.7 Å². The van der Waals surface area contributed by atoms with Crippen molar-refractivity contribution in [2.75, 3.05) is 32.7 Å². The van der Waals surface area contributed by atoms with Gasteiger partial charge in [0.1, 0.15) is 0 Å². The lowest BCUT2D eigenvalue weighted by atomic mass is 10.1. The molecule has 3 nitrogen and oxygen atoms in total. The Hall–Kier alpha value is -0.900. The first-order chi connectivity index (χ1) is 9.67. The molecule has 0 spiro atoms. The number of aliphatic hydroxyl groups excluding tert-OH is 1. The third-order valence-electron chi connectivity index (χ3n) is 4.04. The van der Waals surface area contributed by atoms with E-state index in [0.717, 1.165) is 52.1 Å². The third kappa shape index (κ3) is 4.89. The van der Waals surface area contributed by atoms with Gasteiger partial charge in [0.15, 0.2) is 0 Å². The SMILES string of the molecule is CCCC(O)CN1CCN(Cc2cccc(C)c2)CC1. The number of rotatable bonds is 6. The highest BCUT2D eigenvalue weighted by atomic mass is 16.3. The van der Waals surface area contributed by atoms with Crippen LogP contribution in [0.4, 0.5) is 0 Å². The molecule has 1 saturated heterocycles. The molecule has 0 saturated carbocycles. The fourth-order valence-corrected chi connectivity index (χ4v) is 2.92. The molecule has 20 heavy (non-hydrogen) atoms. The first-order valence-electron chi connectivity index (χ1n) is 7.85. The van der Waals surface area contributed by atoms with Crippen molar-refractivity contribution in [3.8, 4) is 0 Å². The molecule has 0 bridgehead atoms. The van der Waals surface area contributed by atoms with Gasteiger partial charge in [-0.15, -0.1) is 0 Å². The van der Waals surface area contributed by atoms with E-state index in [2.05, 4.69) is 47.9 Å². The zero-order valence-electron chi connectivity index (χ0n) is 12.9. The van der Waals surface area contributed by atoms with Crippen molar-refractivity contribution in [3.05, 3.63) is 35.4 Å². The first-order valence-corrected chi connectivity index (χ1v) is 7.85. The van der Waals surface area contributed by atoms with Crippen molar-refractivity contribution in [1.29, 1.82) is 0 Å². The summed E-state index contributed by atoms with van der Waals surface area (Å²) in [5.41, 5.74) is 2.74. The fourth-order valence-electron chi connectivity index (χ4n) is 2.92. The Labute approximate surface area is 123 Å². The summed E-state index contributed by atoms with van der Waals surface area (Å²) in [6.45, 7) is 10.5. The summed E-state index contributed by atoms with van der Waals surface area (Å²) in [6.07, 6.45) is 1.83. The van der Waals surface area contributed by atoms with Crippen molar-refractivity contribution in [2.24, 2.45) is 0 Å². The summed E-state index contributed by atoms with van der Waals surface area (Å²) >= 11 is 0. The van der Waals surface area contributed by atoms with Crippen LogP contribution >= 0.6 is 0 Å². The van der Waals surface area contributed by atoms with Crippen molar-refractivity contribution in [1.82, 2.24) is 9.80 Å². The van der Waals surface area contributed by atoms with Crippen LogP contribution in [-0.2, 0) is 6.54 Å². The zero-order valence-corrected chi connectivity index (χ0v) is 12.9. The lowest BCUT2D eigenvalue weighted by Gasteiger charge is -2.35. The molecule has 1 fully saturated rings. The molecule has 0 aromatic heterocycles. The van der Waals surface area contributed by atoms with E-state index >= 15 is 0 Å². The second kappa shape index (κ2) is 7.77. The summed E-state index contributed by atoms with van der Waals surface area (Å²) in [6, 6.07) is 8.78. The number of hydrogen-bond donors (Lipinski definition) is 1. The summed E-state index contributed by atoms with van der Waals surface area (Å²) < 4.78 is 0. The largest absolute Gasteiger partial charge is 0.392 e. The molecule has 1 unspecified atom stereocenters. The lowest BCUT2D eigenvalue weighted by Crippen LogP contribution is -2.48. The predicted octanol–water partition coefficient (Wildman–Crippen LogP) is 2.27. The van der Waals surface area contributed by atoms with Crippen LogP contribution in [0.5, 0.6) is 0 Å². The van der Waals surface area contributed by atoms with Gasteiger partial charge in [-0.1, -0.05) is 43.2 Å². The van der Waals surface area contributed by atoms with Crippen molar-refractivity contribution in [2.45, 2.75) is 39.3 Å². The van der Waals surface area contributed by atoms with E-state index in [-0.39, 0.29) is 6.10 Å². The number of piperazine rings is 1. The molecule has 1 aromatic carbocycles. The first kappa shape index (κ1) is 15.5. The average molecular weight is 276 g/mol. The molecule has 1 aliphatic rings. The van der Waals surface area contributed by atoms with Crippen LogP contribution in [0.25, 0.3) is 0 Å². The lowest BCUT2D eigenvalue weighted by molar-refractivity contribution is 0.0661. The molecule has 1 heterocycles. The van der Waals surface area contributed by atoms with Gasteiger partial charge in [-0.25, -0.2) is 0 Å². The Morgan fingerprint density at radius 2 is 1.85 bits per heavy atom. The number of hydrogen-bond acceptors (Lipinski definition) is 3. The molecule has 0 amide bonds. The molecule has 1 atom stereocenters. The molecule has 2 rings (SSSR count). The topological polar surface area (TPSA) is 26.7 Å². The van der Waals surface area contributed by atoms with Gasteiger partial charge in [-0.2, -0.15) is 0 Å². The number of benzene rings is 1. The summed E-state index contributed by atoms with van der Waals surface area (Å²) in [4.78, 5) is 4.91. The second-order valence-corrected chi connectivity index (χ2v) is 6.01. The van der Waals surface area contributed by atoms with Gasteiger partial charge in [-0.3, -0.25) is 9.80 Å². The number of aliphatic hydroxyl groups is 1. The normalized spacial score (nSPS) is 19.1. The molecular weight excluding hydrogens is 248 g/mol. The molecule has 0 aliphatic carbocycles. The predicted molar refractivity (Wildman–Crippen MR) is 83.8 cm³/mol. The summed E-state index contributed by atoms with van der Waals surface area (Å²) in [7, 11) is 0. The van der Waals surface area contributed by atoms with Gasteiger partial charge >= 0.3 is 0 Å². The quantitative estimate of drug-likeness (QED) is 0.863. The molecule has 0 radical (unpaired) electrons. The maximum Gasteiger partial charge on any atom is 0.0667 e. The van der Waals surface area contributed by atoms with E-state index < -0.39 is 0 Å². The van der Waals surface area contributed by atoms with Gasteiger partial charge in [0, 0.05) is 39.3 Å². The number of β-amino-alcohol motifs (C(OH)–C–C–N with tert-alkyl or cyclic N) is 1. The van der Waals surface area contributed by atoms with Crippen LogP contribution in [0, 0.1) is 6.92 Å². The van der Waals surface area contributed by atoms with Crippen LogP contribution in [0.15, 0.2) is 24.3 Å². The van der Waals surface area contributed by atoms with Gasteiger partial charge in [0.05, 0.1) is 6.10 Å². The highest BCUT2D eigenvalue weighted by Gasteiger charge is 2.18. The van der Waals surface area contributed by atoms with Crippen molar-refractivity contribution < 1.29 is 5.11 Å². The summed E-state index contributed by atoms with van der Waals surface area (Å²) in [5.74, 6) is 0. The van der Waals surface area contributed by atoms with E-state index in [4.69, 9.17) is 0 Å². The number of nitrogens with zero attached hydrogens (tertiary/aromatic N) is 2. The van der Waals surface area contributed by atoms with Gasteiger partial charge in [0.25, 0.3) is 0 Å². The Kier molecular flexibility index (Phi) is 6.02. The van der Waals surface area contributed by atoms with E-state index in [0.29, 0.717) is 0 Å². The van der Waals surface area contributed by atoms with Crippen LogP contribution in [0.3, 0.4) is 0 Å². The Bertz CT molecular complexity index is 400. The van der Waals surface area contributed by atoms with E-state index in [1.54, 1.807) is 0 Å².